The fourth-order valence-electron chi connectivity index (χ4n) is 2.23. The van der Waals surface area contributed by atoms with Gasteiger partial charge in [-0.05, 0) is 42.5 Å². The lowest BCUT2D eigenvalue weighted by Crippen LogP contribution is -2.26. The zero-order chi connectivity index (χ0) is 19.6. The van der Waals surface area contributed by atoms with Crippen LogP contribution >= 0.6 is 0 Å². The van der Waals surface area contributed by atoms with Gasteiger partial charge in [0.1, 0.15) is 12.4 Å². The first-order chi connectivity index (χ1) is 12.7. The molecule has 0 fully saturated rings. The van der Waals surface area contributed by atoms with Crippen molar-refractivity contribution in [3.63, 3.8) is 0 Å². The van der Waals surface area contributed by atoms with E-state index in [1.54, 1.807) is 0 Å². The summed E-state index contributed by atoms with van der Waals surface area (Å²) >= 11 is 0. The molecule has 0 aliphatic heterocycles. The number of hydrogen-bond acceptors (Lipinski definition) is 4. The highest BCUT2D eigenvalue weighted by Gasteiger charge is 2.30. The third kappa shape index (κ3) is 4.40. The number of anilines is 1. The molecule has 0 saturated carbocycles. The lowest BCUT2D eigenvalue weighted by atomic mass is 10.2. The van der Waals surface area contributed by atoms with E-state index in [9.17, 15) is 27.2 Å². The smallest absolute Gasteiger partial charge is 0.388 e. The number of hydrogen-bond donors (Lipinski definition) is 1. The molecule has 2 aromatic carbocycles. The van der Waals surface area contributed by atoms with Crippen LogP contribution < -0.4 is 11.1 Å². The number of aromatic nitrogens is 2. The van der Waals surface area contributed by atoms with Gasteiger partial charge in [-0.3, -0.25) is 4.79 Å². The van der Waals surface area contributed by atoms with Crippen molar-refractivity contribution in [2.75, 3.05) is 5.32 Å². The molecule has 0 saturated heterocycles. The van der Waals surface area contributed by atoms with Crippen molar-refractivity contribution >= 4 is 11.6 Å². The van der Waals surface area contributed by atoms with Crippen molar-refractivity contribution < 1.29 is 26.8 Å². The second-order valence-corrected chi connectivity index (χ2v) is 5.46. The van der Waals surface area contributed by atoms with E-state index in [1.807, 2.05) is 0 Å². The van der Waals surface area contributed by atoms with Gasteiger partial charge in [0.15, 0.2) is 0 Å². The molecule has 6 nitrogen and oxygen atoms in total. The highest BCUT2D eigenvalue weighted by atomic mass is 19.4. The average Bonchev–Trinajstić information content (AvgIpc) is 2.95. The van der Waals surface area contributed by atoms with E-state index in [1.165, 1.54) is 18.2 Å². The number of halogens is 4. The Bertz CT molecular complexity index is 1020. The molecule has 10 heteroatoms. The van der Waals surface area contributed by atoms with Crippen molar-refractivity contribution in [1.82, 2.24) is 9.78 Å². The number of carbonyl (C=O) groups is 1. The van der Waals surface area contributed by atoms with Gasteiger partial charge in [-0.1, -0.05) is 6.07 Å². The standard InChI is InChI=1S/C17H11F4N3O3/c18-12-6-4-10(5-7-12)15-23-24(16(26)27-15)9-14(25)22-13-3-1-2-11(8-13)17(19,20)21/h1-8H,9H2,(H,22,25). The van der Waals surface area contributed by atoms with Crippen LogP contribution in [0.5, 0.6) is 0 Å². The molecule has 0 aliphatic carbocycles. The summed E-state index contributed by atoms with van der Waals surface area (Å²) in [6, 6.07) is 9.04. The molecule has 0 spiro atoms. The van der Waals surface area contributed by atoms with Gasteiger partial charge in [-0.2, -0.15) is 17.9 Å². The van der Waals surface area contributed by atoms with Gasteiger partial charge in [-0.25, -0.2) is 9.18 Å². The number of amides is 1. The second kappa shape index (κ2) is 7.06. The summed E-state index contributed by atoms with van der Waals surface area (Å²) < 4.78 is 56.6. The van der Waals surface area contributed by atoms with Gasteiger partial charge in [0.25, 0.3) is 0 Å². The highest BCUT2D eigenvalue weighted by molar-refractivity contribution is 5.90. The Morgan fingerprint density at radius 1 is 1.15 bits per heavy atom. The molecule has 0 unspecified atom stereocenters. The number of alkyl halides is 3. The zero-order valence-electron chi connectivity index (χ0n) is 13.5. The van der Waals surface area contributed by atoms with Crippen LogP contribution in [-0.4, -0.2) is 15.7 Å². The van der Waals surface area contributed by atoms with Crippen LogP contribution in [0.3, 0.4) is 0 Å². The quantitative estimate of drug-likeness (QED) is 0.704. The van der Waals surface area contributed by atoms with Gasteiger partial charge < -0.3 is 9.73 Å². The van der Waals surface area contributed by atoms with Crippen LogP contribution in [0.1, 0.15) is 5.56 Å². The van der Waals surface area contributed by atoms with Crippen LogP contribution in [0.15, 0.2) is 57.7 Å². The second-order valence-electron chi connectivity index (χ2n) is 5.46. The van der Waals surface area contributed by atoms with Gasteiger partial charge in [-0.15, -0.1) is 5.10 Å². The largest absolute Gasteiger partial charge is 0.437 e. The maximum absolute atomic E-state index is 12.9. The van der Waals surface area contributed by atoms with Crippen molar-refractivity contribution in [2.45, 2.75) is 12.7 Å². The summed E-state index contributed by atoms with van der Waals surface area (Å²) in [7, 11) is 0. The van der Waals surface area contributed by atoms with Crippen molar-refractivity contribution in [3.8, 4) is 11.5 Å². The summed E-state index contributed by atoms with van der Waals surface area (Å²) in [5.74, 6) is -2.31. The van der Waals surface area contributed by atoms with Crippen molar-refractivity contribution in [2.24, 2.45) is 0 Å². The maximum atomic E-state index is 12.9. The SMILES string of the molecule is O=C(Cn1nc(-c2ccc(F)cc2)oc1=O)Nc1cccc(C(F)(F)F)c1. The molecule has 27 heavy (non-hydrogen) atoms. The number of nitrogens with one attached hydrogen (secondary N) is 1. The predicted octanol–water partition coefficient (Wildman–Crippen LogP) is 3.30. The molecule has 1 N–H and O–H groups in total. The Hall–Kier alpha value is -3.43. The zero-order valence-corrected chi connectivity index (χ0v) is 13.5. The summed E-state index contributed by atoms with van der Waals surface area (Å²) in [5, 5.41) is 6.08. The monoisotopic (exact) mass is 381 g/mol. The minimum Gasteiger partial charge on any atom is -0.388 e. The Balaban J connectivity index is 1.73. The number of benzene rings is 2. The summed E-state index contributed by atoms with van der Waals surface area (Å²) in [5.41, 5.74) is -0.673. The first-order valence-electron chi connectivity index (χ1n) is 7.53. The predicted molar refractivity (Wildman–Crippen MR) is 86.2 cm³/mol. The Kier molecular flexibility index (Phi) is 4.80. The minimum atomic E-state index is -4.55. The summed E-state index contributed by atoms with van der Waals surface area (Å²) in [6.45, 7) is -0.570. The maximum Gasteiger partial charge on any atom is 0.437 e. The first kappa shape index (κ1) is 18.4. The fourth-order valence-corrected chi connectivity index (χ4v) is 2.23. The molecule has 1 heterocycles. The third-order valence-corrected chi connectivity index (χ3v) is 3.46. The normalized spacial score (nSPS) is 11.4. The molecule has 1 amide bonds. The Labute approximate surface area is 149 Å². The molecule has 3 aromatic rings. The molecule has 0 bridgehead atoms. The molecule has 0 radical (unpaired) electrons. The topological polar surface area (TPSA) is 77.1 Å². The molecule has 0 aliphatic rings. The number of nitrogens with zero attached hydrogens (tertiary/aromatic N) is 2. The van der Waals surface area contributed by atoms with Gasteiger partial charge in [0, 0.05) is 11.3 Å². The van der Waals surface area contributed by atoms with E-state index in [0.717, 1.165) is 30.3 Å². The van der Waals surface area contributed by atoms with E-state index < -0.39 is 35.8 Å². The lowest BCUT2D eigenvalue weighted by molar-refractivity contribution is -0.137. The Morgan fingerprint density at radius 2 is 1.85 bits per heavy atom. The Morgan fingerprint density at radius 3 is 2.52 bits per heavy atom. The fraction of sp³-hybridized carbons (Fsp3) is 0.118. The summed E-state index contributed by atoms with van der Waals surface area (Å²) in [6.07, 6.45) is -4.55. The van der Waals surface area contributed by atoms with Gasteiger partial charge >= 0.3 is 11.9 Å². The number of carbonyl (C=O) groups excluding carboxylic acids is 1. The average molecular weight is 381 g/mol. The van der Waals surface area contributed by atoms with E-state index >= 15 is 0 Å². The van der Waals surface area contributed by atoms with Crippen LogP contribution in [0.25, 0.3) is 11.5 Å². The molecule has 3 rings (SSSR count). The van der Waals surface area contributed by atoms with Crippen LogP contribution in [0, 0.1) is 5.82 Å². The van der Waals surface area contributed by atoms with Crippen LogP contribution in [-0.2, 0) is 17.5 Å². The minimum absolute atomic E-state index is 0.0786. The van der Waals surface area contributed by atoms with Gasteiger partial charge in [0.05, 0.1) is 5.56 Å². The van der Waals surface area contributed by atoms with E-state index in [4.69, 9.17) is 4.42 Å². The lowest BCUT2D eigenvalue weighted by Gasteiger charge is -2.09. The first-order valence-corrected chi connectivity index (χ1v) is 7.53. The number of rotatable bonds is 4. The van der Waals surface area contributed by atoms with Crippen LogP contribution in [0.4, 0.5) is 23.2 Å². The highest BCUT2D eigenvalue weighted by Crippen LogP contribution is 2.30. The molecule has 1 aromatic heterocycles. The molecular formula is C17H11F4N3O3. The third-order valence-electron chi connectivity index (χ3n) is 3.46. The van der Waals surface area contributed by atoms with Gasteiger partial charge in [0.2, 0.25) is 11.8 Å². The van der Waals surface area contributed by atoms with E-state index in [0.29, 0.717) is 10.2 Å². The molecule has 0 atom stereocenters. The summed E-state index contributed by atoms with van der Waals surface area (Å²) in [4.78, 5) is 23.8. The van der Waals surface area contributed by atoms with E-state index in [-0.39, 0.29) is 11.6 Å². The van der Waals surface area contributed by atoms with Crippen LogP contribution in [0.2, 0.25) is 0 Å². The van der Waals surface area contributed by atoms with Crippen molar-refractivity contribution in [1.29, 1.82) is 0 Å². The molecular weight excluding hydrogens is 370 g/mol. The molecule has 140 valence electrons. The van der Waals surface area contributed by atoms with E-state index in [2.05, 4.69) is 10.4 Å². The van der Waals surface area contributed by atoms with Crippen molar-refractivity contribution in [3.05, 3.63) is 70.5 Å².